The van der Waals surface area contributed by atoms with Crippen LogP contribution in [0.4, 0.5) is 0 Å². The summed E-state index contributed by atoms with van der Waals surface area (Å²) in [5.41, 5.74) is 7.28. The number of para-hydroxylation sites is 1. The van der Waals surface area contributed by atoms with Gasteiger partial charge in [0.1, 0.15) is 0 Å². The Kier molecular flexibility index (Phi) is 3.40. The second-order valence-electron chi connectivity index (χ2n) is 5.45. The molecule has 2 atom stereocenters. The molecule has 1 saturated heterocycles. The molecular formula is C16H19N3O. The van der Waals surface area contributed by atoms with E-state index in [1.807, 2.05) is 35.2 Å². The van der Waals surface area contributed by atoms with Gasteiger partial charge in [-0.2, -0.15) is 0 Å². The Morgan fingerprint density at radius 3 is 3.00 bits per heavy atom. The number of hydrogen-bond donors (Lipinski definition) is 1. The SMILES string of the molecule is CC1CCN(C(=O)c2cccc3cccnc23)C1CN. The standard InChI is InChI=1S/C16H19N3O/c1-11-7-9-19(14(11)10-17)16(20)13-6-2-4-12-5-3-8-18-15(12)13/h2-6,8,11,14H,7,9-10,17H2,1H3. The van der Waals surface area contributed by atoms with E-state index in [2.05, 4.69) is 11.9 Å². The van der Waals surface area contributed by atoms with Gasteiger partial charge in [-0.25, -0.2) is 0 Å². The summed E-state index contributed by atoms with van der Waals surface area (Å²) in [6, 6.07) is 9.75. The molecule has 104 valence electrons. The lowest BCUT2D eigenvalue weighted by Crippen LogP contribution is -2.42. The van der Waals surface area contributed by atoms with E-state index in [-0.39, 0.29) is 11.9 Å². The molecule has 1 aromatic carbocycles. The molecule has 2 aromatic rings. The van der Waals surface area contributed by atoms with Crippen molar-refractivity contribution in [3.8, 4) is 0 Å². The maximum atomic E-state index is 12.8. The van der Waals surface area contributed by atoms with Crippen molar-refractivity contribution in [1.29, 1.82) is 0 Å². The van der Waals surface area contributed by atoms with Crippen LogP contribution in [0.5, 0.6) is 0 Å². The summed E-state index contributed by atoms with van der Waals surface area (Å²) in [6.45, 7) is 3.46. The minimum absolute atomic E-state index is 0.0501. The van der Waals surface area contributed by atoms with Gasteiger partial charge in [0.25, 0.3) is 5.91 Å². The maximum absolute atomic E-state index is 12.8. The summed E-state index contributed by atoms with van der Waals surface area (Å²) in [6.07, 6.45) is 2.75. The summed E-state index contributed by atoms with van der Waals surface area (Å²) in [5, 5.41) is 0.995. The molecule has 1 amide bonds. The van der Waals surface area contributed by atoms with Crippen LogP contribution in [-0.4, -0.2) is 34.9 Å². The van der Waals surface area contributed by atoms with E-state index >= 15 is 0 Å². The third-order valence-electron chi connectivity index (χ3n) is 4.25. The number of benzene rings is 1. The number of fused-ring (bicyclic) bond motifs is 1. The van der Waals surface area contributed by atoms with E-state index in [0.717, 1.165) is 23.9 Å². The maximum Gasteiger partial charge on any atom is 0.256 e. The van der Waals surface area contributed by atoms with Gasteiger partial charge >= 0.3 is 0 Å². The topological polar surface area (TPSA) is 59.2 Å². The van der Waals surface area contributed by atoms with Crippen molar-refractivity contribution in [3.05, 3.63) is 42.1 Å². The first-order chi connectivity index (χ1) is 9.72. The van der Waals surface area contributed by atoms with Crippen molar-refractivity contribution in [3.63, 3.8) is 0 Å². The first kappa shape index (κ1) is 13.1. The summed E-state index contributed by atoms with van der Waals surface area (Å²) in [4.78, 5) is 19.1. The summed E-state index contributed by atoms with van der Waals surface area (Å²) < 4.78 is 0. The molecule has 3 rings (SSSR count). The second kappa shape index (κ2) is 5.21. The zero-order valence-electron chi connectivity index (χ0n) is 11.6. The number of aromatic nitrogens is 1. The van der Waals surface area contributed by atoms with Crippen LogP contribution in [0.15, 0.2) is 36.5 Å². The van der Waals surface area contributed by atoms with Crippen LogP contribution in [0, 0.1) is 5.92 Å². The number of pyridine rings is 1. The highest BCUT2D eigenvalue weighted by Gasteiger charge is 2.34. The van der Waals surface area contributed by atoms with Gasteiger partial charge in [-0.1, -0.05) is 25.1 Å². The molecule has 1 aliphatic rings. The van der Waals surface area contributed by atoms with Crippen molar-refractivity contribution in [2.24, 2.45) is 11.7 Å². The number of hydrogen-bond acceptors (Lipinski definition) is 3. The Balaban J connectivity index is 2.01. The number of nitrogens with two attached hydrogens (primary N) is 1. The number of carbonyl (C=O) groups excluding carboxylic acids is 1. The van der Waals surface area contributed by atoms with Crippen LogP contribution in [0.2, 0.25) is 0 Å². The molecule has 0 saturated carbocycles. The van der Waals surface area contributed by atoms with Crippen LogP contribution >= 0.6 is 0 Å². The first-order valence-electron chi connectivity index (χ1n) is 7.07. The fourth-order valence-corrected chi connectivity index (χ4v) is 3.05. The van der Waals surface area contributed by atoms with E-state index in [0.29, 0.717) is 18.0 Å². The highest BCUT2D eigenvalue weighted by molar-refractivity contribution is 6.05. The molecule has 2 heterocycles. The minimum atomic E-state index is 0.0501. The van der Waals surface area contributed by atoms with Crippen molar-refractivity contribution < 1.29 is 4.79 Å². The molecule has 2 N–H and O–H groups in total. The Hall–Kier alpha value is -1.94. The average Bonchev–Trinajstić information content (AvgIpc) is 2.86. The van der Waals surface area contributed by atoms with Gasteiger partial charge in [-0.15, -0.1) is 0 Å². The fraction of sp³-hybridized carbons (Fsp3) is 0.375. The highest BCUT2D eigenvalue weighted by atomic mass is 16.2. The molecule has 4 nitrogen and oxygen atoms in total. The largest absolute Gasteiger partial charge is 0.334 e. The quantitative estimate of drug-likeness (QED) is 0.907. The van der Waals surface area contributed by atoms with Crippen LogP contribution in [0.25, 0.3) is 10.9 Å². The number of likely N-dealkylation sites (tertiary alicyclic amines) is 1. The lowest BCUT2D eigenvalue weighted by atomic mass is 10.0. The molecule has 0 radical (unpaired) electrons. The smallest absolute Gasteiger partial charge is 0.256 e. The lowest BCUT2D eigenvalue weighted by Gasteiger charge is -2.26. The van der Waals surface area contributed by atoms with Gasteiger partial charge in [0.2, 0.25) is 0 Å². The van der Waals surface area contributed by atoms with Gasteiger partial charge in [0.15, 0.2) is 0 Å². The van der Waals surface area contributed by atoms with Crippen LogP contribution in [-0.2, 0) is 0 Å². The van der Waals surface area contributed by atoms with Gasteiger partial charge in [-0.05, 0) is 24.5 Å². The summed E-state index contributed by atoms with van der Waals surface area (Å²) in [7, 11) is 0. The molecule has 1 fully saturated rings. The van der Waals surface area contributed by atoms with E-state index in [1.54, 1.807) is 6.20 Å². The monoisotopic (exact) mass is 269 g/mol. The summed E-state index contributed by atoms with van der Waals surface area (Å²) >= 11 is 0. The van der Waals surface area contributed by atoms with Crippen LogP contribution in [0.3, 0.4) is 0 Å². The van der Waals surface area contributed by atoms with Gasteiger partial charge in [0, 0.05) is 30.7 Å². The Labute approximate surface area is 118 Å². The Morgan fingerprint density at radius 1 is 1.40 bits per heavy atom. The number of carbonyl (C=O) groups is 1. The number of rotatable bonds is 2. The summed E-state index contributed by atoms with van der Waals surface area (Å²) in [5.74, 6) is 0.515. The van der Waals surface area contributed by atoms with Gasteiger partial charge in [-0.3, -0.25) is 9.78 Å². The Morgan fingerprint density at radius 2 is 2.20 bits per heavy atom. The third-order valence-corrected chi connectivity index (χ3v) is 4.25. The van der Waals surface area contributed by atoms with Crippen molar-refractivity contribution in [1.82, 2.24) is 9.88 Å². The normalized spacial score (nSPS) is 22.4. The van der Waals surface area contributed by atoms with Crippen LogP contribution in [0.1, 0.15) is 23.7 Å². The van der Waals surface area contributed by atoms with E-state index in [4.69, 9.17) is 5.73 Å². The zero-order valence-corrected chi connectivity index (χ0v) is 11.6. The molecule has 2 unspecified atom stereocenters. The van der Waals surface area contributed by atoms with Gasteiger partial charge in [0.05, 0.1) is 11.1 Å². The minimum Gasteiger partial charge on any atom is -0.334 e. The molecule has 1 aromatic heterocycles. The second-order valence-corrected chi connectivity index (χ2v) is 5.45. The molecule has 0 aliphatic carbocycles. The average molecular weight is 269 g/mol. The molecule has 4 heteroatoms. The van der Waals surface area contributed by atoms with Crippen molar-refractivity contribution in [2.45, 2.75) is 19.4 Å². The lowest BCUT2D eigenvalue weighted by molar-refractivity contribution is 0.0729. The van der Waals surface area contributed by atoms with E-state index < -0.39 is 0 Å². The first-order valence-corrected chi connectivity index (χ1v) is 7.07. The third kappa shape index (κ3) is 2.06. The molecule has 0 bridgehead atoms. The van der Waals surface area contributed by atoms with E-state index in [9.17, 15) is 4.79 Å². The van der Waals surface area contributed by atoms with Crippen molar-refractivity contribution >= 4 is 16.8 Å². The number of nitrogens with zero attached hydrogens (tertiary/aromatic N) is 2. The Bertz CT molecular complexity index is 635. The van der Waals surface area contributed by atoms with E-state index in [1.165, 1.54) is 0 Å². The predicted molar refractivity (Wildman–Crippen MR) is 79.4 cm³/mol. The molecular weight excluding hydrogens is 250 g/mol. The molecule has 0 spiro atoms. The van der Waals surface area contributed by atoms with Gasteiger partial charge < -0.3 is 10.6 Å². The zero-order chi connectivity index (χ0) is 14.1. The molecule has 1 aliphatic heterocycles. The van der Waals surface area contributed by atoms with Crippen LogP contribution < -0.4 is 5.73 Å². The van der Waals surface area contributed by atoms with Crippen molar-refractivity contribution in [2.75, 3.05) is 13.1 Å². The highest BCUT2D eigenvalue weighted by Crippen LogP contribution is 2.26. The molecule has 20 heavy (non-hydrogen) atoms. The predicted octanol–water partition coefficient (Wildman–Crippen LogP) is 2.04. The number of amides is 1. The fourth-order valence-electron chi connectivity index (χ4n) is 3.05.